The van der Waals surface area contributed by atoms with Crippen molar-refractivity contribution in [2.45, 2.75) is 25.8 Å². The van der Waals surface area contributed by atoms with E-state index in [0.29, 0.717) is 6.04 Å². The van der Waals surface area contributed by atoms with Crippen LogP contribution in [0.15, 0.2) is 34.1 Å². The molecule has 1 atom stereocenters. The van der Waals surface area contributed by atoms with Crippen LogP contribution < -0.4 is 10.1 Å². The molecule has 0 amide bonds. The van der Waals surface area contributed by atoms with Gasteiger partial charge in [-0.15, -0.1) is 11.3 Å². The largest absolute Gasteiger partial charge is 0.495 e. The maximum Gasteiger partial charge on any atom is 0.143 e. The summed E-state index contributed by atoms with van der Waals surface area (Å²) in [5, 5.41) is 5.87. The fourth-order valence-corrected chi connectivity index (χ4v) is 3.95. The van der Waals surface area contributed by atoms with E-state index in [1.165, 1.54) is 23.3 Å². The first kappa shape index (κ1) is 14.0. The second-order valence-electron chi connectivity index (χ2n) is 5.27. The Hall–Kier alpha value is -1.00. The number of ether oxygens (including phenoxy) is 1. The Balaban J connectivity index is 1.93. The number of thiophene rings is 1. The number of anilines is 1. The minimum Gasteiger partial charge on any atom is -0.495 e. The van der Waals surface area contributed by atoms with E-state index >= 15 is 0 Å². The summed E-state index contributed by atoms with van der Waals surface area (Å²) in [6.07, 6.45) is 2.63. The lowest BCUT2D eigenvalue weighted by molar-refractivity contribution is 0.415. The first-order chi connectivity index (χ1) is 9.69. The Morgan fingerprint density at radius 2 is 2.20 bits per heavy atom. The Bertz CT molecular complexity index is 593. The molecular formula is C16H18BrNOS. The lowest BCUT2D eigenvalue weighted by Gasteiger charge is -2.22. The SMILES string of the molecule is COc1cc(Br)cc(C)c1NC(c1cccs1)C1CC1. The number of nitrogens with one attached hydrogen (secondary N) is 1. The first-order valence-corrected chi connectivity index (χ1v) is 8.50. The van der Waals surface area contributed by atoms with Crippen LogP contribution >= 0.6 is 27.3 Å². The van der Waals surface area contributed by atoms with E-state index in [9.17, 15) is 0 Å². The molecule has 1 aromatic carbocycles. The molecule has 0 spiro atoms. The highest BCUT2D eigenvalue weighted by atomic mass is 79.9. The molecule has 3 rings (SSSR count). The second-order valence-corrected chi connectivity index (χ2v) is 7.17. The third kappa shape index (κ3) is 2.86. The molecule has 2 nitrogen and oxygen atoms in total. The number of aryl methyl sites for hydroxylation is 1. The van der Waals surface area contributed by atoms with Gasteiger partial charge in [-0.05, 0) is 54.8 Å². The molecule has 1 N–H and O–H groups in total. The van der Waals surface area contributed by atoms with Crippen LogP contribution in [0.1, 0.15) is 29.3 Å². The van der Waals surface area contributed by atoms with E-state index in [2.05, 4.69) is 51.7 Å². The van der Waals surface area contributed by atoms with Crippen LogP contribution in [-0.4, -0.2) is 7.11 Å². The third-order valence-corrected chi connectivity index (χ3v) is 5.14. The molecule has 1 fully saturated rings. The van der Waals surface area contributed by atoms with Gasteiger partial charge in [0.25, 0.3) is 0 Å². The van der Waals surface area contributed by atoms with Gasteiger partial charge in [0.15, 0.2) is 0 Å². The van der Waals surface area contributed by atoms with Crippen molar-refractivity contribution in [2.75, 3.05) is 12.4 Å². The van der Waals surface area contributed by atoms with Crippen LogP contribution in [0.5, 0.6) is 5.75 Å². The number of benzene rings is 1. The van der Waals surface area contributed by atoms with E-state index in [1.807, 2.05) is 17.4 Å². The molecule has 0 saturated heterocycles. The zero-order valence-corrected chi connectivity index (χ0v) is 14.1. The topological polar surface area (TPSA) is 21.3 Å². The van der Waals surface area contributed by atoms with Crippen molar-refractivity contribution in [3.63, 3.8) is 0 Å². The fraction of sp³-hybridized carbons (Fsp3) is 0.375. The maximum absolute atomic E-state index is 5.54. The normalized spacial score (nSPS) is 15.9. The van der Waals surface area contributed by atoms with Gasteiger partial charge >= 0.3 is 0 Å². The van der Waals surface area contributed by atoms with Gasteiger partial charge in [0.05, 0.1) is 18.8 Å². The van der Waals surface area contributed by atoms with Crippen LogP contribution in [-0.2, 0) is 0 Å². The number of methoxy groups -OCH3 is 1. The molecule has 106 valence electrons. The zero-order chi connectivity index (χ0) is 14.1. The van der Waals surface area contributed by atoms with Crippen molar-refractivity contribution < 1.29 is 4.74 Å². The molecule has 20 heavy (non-hydrogen) atoms. The fourth-order valence-electron chi connectivity index (χ4n) is 2.53. The van der Waals surface area contributed by atoms with Crippen LogP contribution in [0, 0.1) is 12.8 Å². The zero-order valence-electron chi connectivity index (χ0n) is 11.7. The van der Waals surface area contributed by atoms with Gasteiger partial charge in [-0.1, -0.05) is 22.0 Å². The minimum absolute atomic E-state index is 0.406. The maximum atomic E-state index is 5.54. The molecule has 0 aliphatic heterocycles. The summed E-state index contributed by atoms with van der Waals surface area (Å²) in [5.41, 5.74) is 2.32. The highest BCUT2D eigenvalue weighted by Gasteiger charge is 2.33. The van der Waals surface area contributed by atoms with E-state index in [-0.39, 0.29) is 0 Å². The van der Waals surface area contributed by atoms with Crippen LogP contribution in [0.2, 0.25) is 0 Å². The summed E-state index contributed by atoms with van der Waals surface area (Å²) < 4.78 is 6.59. The van der Waals surface area contributed by atoms with Gasteiger partial charge < -0.3 is 10.1 Å². The van der Waals surface area contributed by atoms with Crippen molar-refractivity contribution in [1.29, 1.82) is 0 Å². The smallest absolute Gasteiger partial charge is 0.143 e. The van der Waals surface area contributed by atoms with E-state index < -0.39 is 0 Å². The quantitative estimate of drug-likeness (QED) is 0.779. The molecule has 1 unspecified atom stereocenters. The molecule has 0 radical (unpaired) electrons. The van der Waals surface area contributed by atoms with Crippen LogP contribution in [0.3, 0.4) is 0 Å². The highest BCUT2D eigenvalue weighted by Crippen LogP contribution is 2.46. The average molecular weight is 352 g/mol. The number of rotatable bonds is 5. The van der Waals surface area contributed by atoms with Crippen LogP contribution in [0.25, 0.3) is 0 Å². The third-order valence-electron chi connectivity index (χ3n) is 3.73. The lowest BCUT2D eigenvalue weighted by Crippen LogP contribution is -2.13. The van der Waals surface area contributed by atoms with Gasteiger partial charge in [0.1, 0.15) is 5.75 Å². The van der Waals surface area contributed by atoms with E-state index in [1.54, 1.807) is 7.11 Å². The van der Waals surface area contributed by atoms with E-state index in [4.69, 9.17) is 4.74 Å². The Labute approximate surface area is 132 Å². The molecule has 1 heterocycles. The predicted molar refractivity (Wildman–Crippen MR) is 88.8 cm³/mol. The van der Waals surface area contributed by atoms with Gasteiger partial charge in [-0.25, -0.2) is 0 Å². The van der Waals surface area contributed by atoms with Crippen molar-refractivity contribution in [3.05, 3.63) is 44.6 Å². The minimum atomic E-state index is 0.406. The Kier molecular flexibility index (Phi) is 4.03. The lowest BCUT2D eigenvalue weighted by atomic mass is 10.1. The molecule has 1 aliphatic rings. The second kappa shape index (κ2) is 5.78. The molecule has 0 bridgehead atoms. The summed E-state index contributed by atoms with van der Waals surface area (Å²) in [6, 6.07) is 8.91. The summed E-state index contributed by atoms with van der Waals surface area (Å²) in [4.78, 5) is 1.41. The summed E-state index contributed by atoms with van der Waals surface area (Å²) in [7, 11) is 1.73. The molecular weight excluding hydrogens is 334 g/mol. The van der Waals surface area contributed by atoms with Crippen molar-refractivity contribution in [1.82, 2.24) is 0 Å². The Morgan fingerprint density at radius 3 is 2.80 bits per heavy atom. The van der Waals surface area contributed by atoms with Gasteiger partial charge in [-0.2, -0.15) is 0 Å². The van der Waals surface area contributed by atoms with Crippen molar-refractivity contribution >= 4 is 33.0 Å². The molecule has 4 heteroatoms. The van der Waals surface area contributed by atoms with Gasteiger partial charge in [0.2, 0.25) is 0 Å². The molecule has 1 saturated carbocycles. The van der Waals surface area contributed by atoms with Crippen molar-refractivity contribution in [2.24, 2.45) is 5.92 Å². The molecule has 2 aromatic rings. The molecule has 1 aromatic heterocycles. The summed E-state index contributed by atoms with van der Waals surface area (Å²) in [6.45, 7) is 2.12. The highest BCUT2D eigenvalue weighted by molar-refractivity contribution is 9.10. The van der Waals surface area contributed by atoms with Gasteiger partial charge in [0, 0.05) is 9.35 Å². The Morgan fingerprint density at radius 1 is 1.40 bits per heavy atom. The average Bonchev–Trinajstić information content (AvgIpc) is 3.11. The monoisotopic (exact) mass is 351 g/mol. The number of hydrogen-bond acceptors (Lipinski definition) is 3. The van der Waals surface area contributed by atoms with E-state index in [0.717, 1.165) is 21.8 Å². The van der Waals surface area contributed by atoms with Crippen LogP contribution in [0.4, 0.5) is 5.69 Å². The predicted octanol–water partition coefficient (Wildman–Crippen LogP) is 5.39. The van der Waals surface area contributed by atoms with Gasteiger partial charge in [-0.3, -0.25) is 0 Å². The number of hydrogen-bond donors (Lipinski definition) is 1. The number of halogens is 1. The van der Waals surface area contributed by atoms with Crippen molar-refractivity contribution in [3.8, 4) is 5.75 Å². The first-order valence-electron chi connectivity index (χ1n) is 6.83. The standard InChI is InChI=1S/C16H18BrNOS/c1-10-8-12(17)9-13(19-2)15(10)18-16(11-5-6-11)14-4-3-7-20-14/h3-4,7-9,11,16,18H,5-6H2,1-2H3. The summed E-state index contributed by atoms with van der Waals surface area (Å²) >= 11 is 5.36. The summed E-state index contributed by atoms with van der Waals surface area (Å²) in [5.74, 6) is 1.65. The molecule has 1 aliphatic carbocycles.